The van der Waals surface area contributed by atoms with Crippen LogP contribution >= 0.6 is 0 Å². The molecule has 108 valence electrons. The Morgan fingerprint density at radius 3 is 2.37 bits per heavy atom. The number of aliphatic hydroxyl groups is 1. The number of aliphatic hydroxyl groups excluding tert-OH is 1. The van der Waals surface area contributed by atoms with Crippen molar-refractivity contribution in [3.8, 4) is 0 Å². The molecule has 0 saturated heterocycles. The van der Waals surface area contributed by atoms with Crippen LogP contribution in [0.25, 0.3) is 0 Å². The van der Waals surface area contributed by atoms with Crippen LogP contribution in [0.1, 0.15) is 25.8 Å². The highest BCUT2D eigenvalue weighted by atomic mass is 32.2. The first-order valence-corrected chi connectivity index (χ1v) is 8.22. The van der Waals surface area contributed by atoms with Crippen LogP contribution in [0.3, 0.4) is 0 Å². The summed E-state index contributed by atoms with van der Waals surface area (Å²) < 4.78 is 26.1. The molecule has 5 heteroatoms. The van der Waals surface area contributed by atoms with Crippen LogP contribution in [-0.2, 0) is 16.4 Å². The van der Waals surface area contributed by atoms with Gasteiger partial charge in [0.05, 0.1) is 5.75 Å². The van der Waals surface area contributed by atoms with Crippen molar-refractivity contribution in [2.75, 3.05) is 18.9 Å². The van der Waals surface area contributed by atoms with Crippen LogP contribution in [0.15, 0.2) is 30.3 Å². The summed E-state index contributed by atoms with van der Waals surface area (Å²) in [5.41, 5.74) is 1.02. The van der Waals surface area contributed by atoms with Crippen molar-refractivity contribution >= 4 is 10.0 Å². The van der Waals surface area contributed by atoms with E-state index in [1.54, 1.807) is 0 Å². The van der Waals surface area contributed by atoms with Gasteiger partial charge in [-0.2, -0.15) is 4.31 Å². The van der Waals surface area contributed by atoms with E-state index >= 15 is 0 Å². The molecule has 0 atom stereocenters. The predicted molar refractivity (Wildman–Crippen MR) is 77.5 cm³/mol. The van der Waals surface area contributed by atoms with E-state index in [-0.39, 0.29) is 18.4 Å². The van der Waals surface area contributed by atoms with E-state index in [1.807, 2.05) is 44.2 Å². The lowest BCUT2D eigenvalue weighted by atomic mass is 10.2. The second-order valence-electron chi connectivity index (χ2n) is 4.83. The molecular weight excluding hydrogens is 262 g/mol. The third kappa shape index (κ3) is 5.30. The molecule has 0 aromatic heterocycles. The Kier molecular flexibility index (Phi) is 6.48. The van der Waals surface area contributed by atoms with Gasteiger partial charge < -0.3 is 5.11 Å². The highest BCUT2D eigenvalue weighted by Gasteiger charge is 2.23. The predicted octanol–water partition coefficient (Wildman–Crippen LogP) is 1.65. The SMILES string of the molecule is CC(C)N(CCCO)S(=O)(=O)CCc1ccccc1. The molecule has 0 bridgehead atoms. The van der Waals surface area contributed by atoms with Crippen molar-refractivity contribution in [2.24, 2.45) is 0 Å². The van der Waals surface area contributed by atoms with E-state index in [0.29, 0.717) is 19.4 Å². The zero-order valence-corrected chi connectivity index (χ0v) is 12.4. The summed E-state index contributed by atoms with van der Waals surface area (Å²) >= 11 is 0. The van der Waals surface area contributed by atoms with Crippen LogP contribution < -0.4 is 0 Å². The average molecular weight is 285 g/mol. The van der Waals surface area contributed by atoms with Gasteiger partial charge in [-0.3, -0.25) is 0 Å². The number of benzene rings is 1. The monoisotopic (exact) mass is 285 g/mol. The molecule has 0 saturated carbocycles. The Balaban J connectivity index is 2.67. The number of sulfonamides is 1. The molecule has 0 aliphatic rings. The quantitative estimate of drug-likeness (QED) is 0.790. The Bertz CT molecular complexity index is 457. The second kappa shape index (κ2) is 7.62. The first kappa shape index (κ1) is 16.1. The number of hydrogen-bond donors (Lipinski definition) is 1. The van der Waals surface area contributed by atoms with Crippen LogP contribution in [-0.4, -0.2) is 42.8 Å². The number of hydrogen-bond acceptors (Lipinski definition) is 3. The third-order valence-electron chi connectivity index (χ3n) is 2.96. The Morgan fingerprint density at radius 2 is 1.84 bits per heavy atom. The van der Waals surface area contributed by atoms with Crippen molar-refractivity contribution in [3.05, 3.63) is 35.9 Å². The summed E-state index contributed by atoms with van der Waals surface area (Å²) in [5.74, 6) is 0.112. The van der Waals surface area contributed by atoms with Crippen LogP contribution in [0.2, 0.25) is 0 Å². The minimum absolute atomic E-state index is 0.0113. The molecule has 1 aromatic rings. The molecule has 0 amide bonds. The Labute approximate surface area is 116 Å². The van der Waals surface area contributed by atoms with Crippen molar-refractivity contribution in [1.82, 2.24) is 4.31 Å². The fourth-order valence-corrected chi connectivity index (χ4v) is 3.73. The summed E-state index contributed by atoms with van der Waals surface area (Å²) in [7, 11) is -3.27. The molecule has 0 unspecified atom stereocenters. The van der Waals surface area contributed by atoms with Gasteiger partial charge in [0.2, 0.25) is 10.0 Å². The molecule has 0 aliphatic heterocycles. The lowest BCUT2D eigenvalue weighted by Crippen LogP contribution is -2.39. The summed E-state index contributed by atoms with van der Waals surface area (Å²) in [4.78, 5) is 0. The average Bonchev–Trinajstić information content (AvgIpc) is 2.37. The lowest BCUT2D eigenvalue weighted by molar-refractivity contribution is 0.258. The van der Waals surface area contributed by atoms with Gasteiger partial charge in [-0.05, 0) is 32.3 Å². The first-order valence-electron chi connectivity index (χ1n) is 6.61. The fourth-order valence-electron chi connectivity index (χ4n) is 1.95. The van der Waals surface area contributed by atoms with E-state index in [0.717, 1.165) is 5.56 Å². The van der Waals surface area contributed by atoms with Gasteiger partial charge in [0.15, 0.2) is 0 Å². The Morgan fingerprint density at radius 1 is 1.21 bits per heavy atom. The fraction of sp³-hybridized carbons (Fsp3) is 0.571. The summed E-state index contributed by atoms with van der Waals surface area (Å²) in [6.45, 7) is 4.11. The lowest BCUT2D eigenvalue weighted by Gasteiger charge is -2.25. The minimum atomic E-state index is -3.27. The number of aryl methyl sites for hydroxylation is 1. The molecular formula is C14H23NO3S. The molecule has 1 rings (SSSR count). The molecule has 1 aromatic carbocycles. The van der Waals surface area contributed by atoms with Gasteiger partial charge in [0.1, 0.15) is 0 Å². The molecule has 0 spiro atoms. The molecule has 0 heterocycles. The molecule has 0 aliphatic carbocycles. The van der Waals surface area contributed by atoms with Crippen LogP contribution in [0.4, 0.5) is 0 Å². The van der Waals surface area contributed by atoms with E-state index < -0.39 is 10.0 Å². The van der Waals surface area contributed by atoms with Crippen LogP contribution in [0.5, 0.6) is 0 Å². The smallest absolute Gasteiger partial charge is 0.214 e. The van der Waals surface area contributed by atoms with E-state index in [4.69, 9.17) is 5.11 Å². The Hall–Kier alpha value is -0.910. The van der Waals surface area contributed by atoms with Gasteiger partial charge >= 0.3 is 0 Å². The highest BCUT2D eigenvalue weighted by molar-refractivity contribution is 7.89. The van der Waals surface area contributed by atoms with Gasteiger partial charge in [0, 0.05) is 19.2 Å². The minimum Gasteiger partial charge on any atom is -0.396 e. The number of rotatable bonds is 8. The van der Waals surface area contributed by atoms with Crippen molar-refractivity contribution in [1.29, 1.82) is 0 Å². The zero-order chi connectivity index (χ0) is 14.3. The maximum Gasteiger partial charge on any atom is 0.214 e. The third-order valence-corrected chi connectivity index (χ3v) is 5.00. The van der Waals surface area contributed by atoms with E-state index in [2.05, 4.69) is 0 Å². The second-order valence-corrected chi connectivity index (χ2v) is 6.87. The topological polar surface area (TPSA) is 57.6 Å². The standard InChI is InChI=1S/C14H23NO3S/c1-13(2)15(10-6-11-16)19(17,18)12-9-14-7-4-3-5-8-14/h3-5,7-8,13,16H,6,9-12H2,1-2H3. The largest absolute Gasteiger partial charge is 0.396 e. The molecule has 1 N–H and O–H groups in total. The number of nitrogens with zero attached hydrogens (tertiary/aromatic N) is 1. The summed E-state index contributed by atoms with van der Waals surface area (Å²) in [5, 5.41) is 8.85. The maximum atomic E-state index is 12.3. The van der Waals surface area contributed by atoms with Crippen LogP contribution in [0, 0.1) is 0 Å². The van der Waals surface area contributed by atoms with Crippen molar-refractivity contribution in [2.45, 2.75) is 32.7 Å². The van der Waals surface area contributed by atoms with E-state index in [9.17, 15) is 8.42 Å². The summed E-state index contributed by atoms with van der Waals surface area (Å²) in [6.07, 6.45) is 0.994. The highest BCUT2D eigenvalue weighted by Crippen LogP contribution is 2.11. The summed E-state index contributed by atoms with van der Waals surface area (Å²) in [6, 6.07) is 9.53. The van der Waals surface area contributed by atoms with Gasteiger partial charge in [0.25, 0.3) is 0 Å². The normalized spacial score (nSPS) is 12.3. The molecule has 0 fully saturated rings. The van der Waals surface area contributed by atoms with Gasteiger partial charge in [-0.1, -0.05) is 30.3 Å². The maximum absolute atomic E-state index is 12.3. The van der Waals surface area contributed by atoms with Gasteiger partial charge in [-0.15, -0.1) is 0 Å². The van der Waals surface area contributed by atoms with Crippen molar-refractivity contribution in [3.63, 3.8) is 0 Å². The van der Waals surface area contributed by atoms with Gasteiger partial charge in [-0.25, -0.2) is 8.42 Å². The zero-order valence-electron chi connectivity index (χ0n) is 11.6. The van der Waals surface area contributed by atoms with E-state index in [1.165, 1.54) is 4.31 Å². The molecule has 19 heavy (non-hydrogen) atoms. The van der Waals surface area contributed by atoms with Crippen molar-refractivity contribution < 1.29 is 13.5 Å². The first-order chi connectivity index (χ1) is 8.97. The molecule has 4 nitrogen and oxygen atoms in total. The molecule has 0 radical (unpaired) electrons.